The summed E-state index contributed by atoms with van der Waals surface area (Å²) in [7, 11) is 0. The minimum atomic E-state index is 0.315. The normalized spacial score (nSPS) is 13.1. The predicted molar refractivity (Wildman–Crippen MR) is 68.8 cm³/mol. The highest BCUT2D eigenvalue weighted by Gasteiger charge is 2.14. The Kier molecular flexibility index (Phi) is 7.99. The van der Waals surface area contributed by atoms with Crippen molar-refractivity contribution in [2.45, 2.75) is 53.0 Å². The Morgan fingerprint density at radius 3 is 2.25 bits per heavy atom. The number of hydrogen-bond acceptors (Lipinski definition) is 3. The van der Waals surface area contributed by atoms with Crippen LogP contribution in [0.25, 0.3) is 0 Å². The summed E-state index contributed by atoms with van der Waals surface area (Å²) in [6, 6.07) is 0.507. The average molecular weight is 229 g/mol. The highest BCUT2D eigenvalue weighted by Crippen LogP contribution is 2.12. The van der Waals surface area contributed by atoms with Crippen LogP contribution in [0.15, 0.2) is 5.16 Å². The van der Waals surface area contributed by atoms with Gasteiger partial charge < -0.3 is 15.8 Å². The molecule has 0 aromatic carbocycles. The molecule has 3 N–H and O–H groups in total. The summed E-state index contributed by atoms with van der Waals surface area (Å²) in [5, 5.41) is 11.5. The minimum Gasteiger partial charge on any atom is -0.409 e. The van der Waals surface area contributed by atoms with E-state index in [2.05, 4.69) is 37.8 Å². The van der Waals surface area contributed by atoms with E-state index in [1.807, 2.05) is 0 Å². The molecule has 0 fully saturated rings. The number of rotatable bonds is 8. The van der Waals surface area contributed by atoms with Crippen molar-refractivity contribution in [1.82, 2.24) is 4.90 Å². The van der Waals surface area contributed by atoms with E-state index in [0.29, 0.717) is 18.3 Å². The fourth-order valence-corrected chi connectivity index (χ4v) is 1.75. The molecule has 0 spiro atoms. The molecule has 0 aliphatic heterocycles. The maximum Gasteiger partial charge on any atom is 0.140 e. The number of amidine groups is 1. The SMILES string of the molecule is CCC(CC)CN(CCC(N)=NO)C(C)C. The van der Waals surface area contributed by atoms with Crippen molar-refractivity contribution in [3.05, 3.63) is 0 Å². The Morgan fingerprint density at radius 1 is 1.31 bits per heavy atom. The molecule has 0 rings (SSSR count). The maximum atomic E-state index is 8.50. The molecular weight excluding hydrogens is 202 g/mol. The zero-order valence-electron chi connectivity index (χ0n) is 11.1. The van der Waals surface area contributed by atoms with Gasteiger partial charge in [-0.15, -0.1) is 0 Å². The molecule has 0 aliphatic carbocycles. The van der Waals surface area contributed by atoms with Gasteiger partial charge in [-0.1, -0.05) is 31.8 Å². The number of nitrogens with zero attached hydrogens (tertiary/aromatic N) is 2. The van der Waals surface area contributed by atoms with Gasteiger partial charge in [0, 0.05) is 25.6 Å². The third-order valence-corrected chi connectivity index (χ3v) is 3.16. The van der Waals surface area contributed by atoms with E-state index in [1.165, 1.54) is 12.8 Å². The zero-order chi connectivity index (χ0) is 12.6. The van der Waals surface area contributed by atoms with Crippen molar-refractivity contribution in [2.75, 3.05) is 13.1 Å². The zero-order valence-corrected chi connectivity index (χ0v) is 11.1. The summed E-state index contributed by atoms with van der Waals surface area (Å²) in [4.78, 5) is 2.40. The van der Waals surface area contributed by atoms with Gasteiger partial charge in [-0.05, 0) is 19.8 Å². The Balaban J connectivity index is 4.17. The van der Waals surface area contributed by atoms with Crippen LogP contribution >= 0.6 is 0 Å². The fraction of sp³-hybridized carbons (Fsp3) is 0.917. The second-order valence-electron chi connectivity index (χ2n) is 4.61. The number of oxime groups is 1. The molecule has 0 heterocycles. The molecule has 0 bridgehead atoms. The minimum absolute atomic E-state index is 0.315. The van der Waals surface area contributed by atoms with Crippen molar-refractivity contribution < 1.29 is 5.21 Å². The van der Waals surface area contributed by atoms with E-state index in [4.69, 9.17) is 10.9 Å². The number of hydrogen-bond donors (Lipinski definition) is 2. The van der Waals surface area contributed by atoms with Crippen molar-refractivity contribution in [2.24, 2.45) is 16.8 Å². The summed E-state index contributed by atoms with van der Waals surface area (Å²) in [5.41, 5.74) is 5.49. The summed E-state index contributed by atoms with van der Waals surface area (Å²) < 4.78 is 0. The Labute approximate surface area is 99.5 Å². The molecular formula is C12H27N3O. The topological polar surface area (TPSA) is 61.8 Å². The molecule has 0 saturated carbocycles. The van der Waals surface area contributed by atoms with Crippen LogP contribution in [0.4, 0.5) is 0 Å². The number of nitrogens with two attached hydrogens (primary N) is 1. The van der Waals surface area contributed by atoms with Gasteiger partial charge in [-0.2, -0.15) is 0 Å². The van der Waals surface area contributed by atoms with Crippen LogP contribution in [-0.2, 0) is 0 Å². The molecule has 0 radical (unpaired) electrons. The first-order valence-electron chi connectivity index (χ1n) is 6.25. The lowest BCUT2D eigenvalue weighted by atomic mass is 10.0. The lowest BCUT2D eigenvalue weighted by Gasteiger charge is -2.29. The fourth-order valence-electron chi connectivity index (χ4n) is 1.75. The molecule has 0 aromatic heterocycles. The van der Waals surface area contributed by atoms with Crippen LogP contribution in [-0.4, -0.2) is 35.1 Å². The quantitative estimate of drug-likeness (QED) is 0.290. The Bertz CT molecular complexity index is 200. The van der Waals surface area contributed by atoms with Crippen LogP contribution < -0.4 is 5.73 Å². The van der Waals surface area contributed by atoms with E-state index in [9.17, 15) is 0 Å². The lowest BCUT2D eigenvalue weighted by molar-refractivity contribution is 0.186. The molecule has 0 saturated heterocycles. The molecule has 4 nitrogen and oxygen atoms in total. The molecule has 96 valence electrons. The van der Waals surface area contributed by atoms with Crippen LogP contribution in [0.1, 0.15) is 47.0 Å². The van der Waals surface area contributed by atoms with Gasteiger partial charge in [0.25, 0.3) is 0 Å². The second-order valence-corrected chi connectivity index (χ2v) is 4.61. The van der Waals surface area contributed by atoms with Crippen molar-refractivity contribution in [3.63, 3.8) is 0 Å². The van der Waals surface area contributed by atoms with Gasteiger partial charge in [0.1, 0.15) is 5.84 Å². The van der Waals surface area contributed by atoms with Gasteiger partial charge in [-0.25, -0.2) is 0 Å². The summed E-state index contributed by atoms with van der Waals surface area (Å²) in [6.45, 7) is 10.8. The standard InChI is InChI=1S/C12H27N3O/c1-5-11(6-2)9-15(10(3)4)8-7-12(13)14-16/h10-11,16H,5-9H2,1-4H3,(H2,13,14). The highest BCUT2D eigenvalue weighted by molar-refractivity contribution is 5.79. The first-order chi connectivity index (χ1) is 7.54. The molecule has 16 heavy (non-hydrogen) atoms. The smallest absolute Gasteiger partial charge is 0.140 e. The highest BCUT2D eigenvalue weighted by atomic mass is 16.4. The van der Waals surface area contributed by atoms with Gasteiger partial charge in [0.2, 0.25) is 0 Å². The largest absolute Gasteiger partial charge is 0.409 e. The van der Waals surface area contributed by atoms with Crippen LogP contribution in [0.3, 0.4) is 0 Å². The van der Waals surface area contributed by atoms with Crippen LogP contribution in [0, 0.1) is 5.92 Å². The van der Waals surface area contributed by atoms with Crippen LogP contribution in [0.2, 0.25) is 0 Å². The van der Waals surface area contributed by atoms with E-state index in [-0.39, 0.29) is 0 Å². The van der Waals surface area contributed by atoms with Crippen molar-refractivity contribution in [1.29, 1.82) is 0 Å². The second kappa shape index (κ2) is 8.39. The van der Waals surface area contributed by atoms with Crippen LogP contribution in [0.5, 0.6) is 0 Å². The molecule has 0 amide bonds. The van der Waals surface area contributed by atoms with Gasteiger partial charge in [0.15, 0.2) is 0 Å². The van der Waals surface area contributed by atoms with Gasteiger partial charge in [-0.3, -0.25) is 0 Å². The molecule has 0 unspecified atom stereocenters. The van der Waals surface area contributed by atoms with Crippen molar-refractivity contribution in [3.8, 4) is 0 Å². The maximum absolute atomic E-state index is 8.50. The van der Waals surface area contributed by atoms with E-state index in [1.54, 1.807) is 0 Å². The Hall–Kier alpha value is -0.770. The molecule has 4 heteroatoms. The summed E-state index contributed by atoms with van der Waals surface area (Å²) in [5.74, 6) is 1.06. The summed E-state index contributed by atoms with van der Waals surface area (Å²) in [6.07, 6.45) is 3.06. The summed E-state index contributed by atoms with van der Waals surface area (Å²) >= 11 is 0. The van der Waals surface area contributed by atoms with E-state index < -0.39 is 0 Å². The van der Waals surface area contributed by atoms with Crippen molar-refractivity contribution >= 4 is 5.84 Å². The average Bonchev–Trinajstić information content (AvgIpc) is 2.28. The third kappa shape index (κ3) is 5.95. The lowest BCUT2D eigenvalue weighted by Crippen LogP contribution is -2.37. The molecule has 0 aliphatic rings. The van der Waals surface area contributed by atoms with Gasteiger partial charge >= 0.3 is 0 Å². The molecule has 0 aromatic rings. The van der Waals surface area contributed by atoms with E-state index in [0.717, 1.165) is 19.0 Å². The first-order valence-corrected chi connectivity index (χ1v) is 6.25. The predicted octanol–water partition coefficient (Wildman–Crippen LogP) is 2.27. The van der Waals surface area contributed by atoms with E-state index >= 15 is 0 Å². The third-order valence-electron chi connectivity index (χ3n) is 3.16. The monoisotopic (exact) mass is 229 g/mol. The molecule has 0 atom stereocenters. The van der Waals surface area contributed by atoms with Gasteiger partial charge in [0.05, 0.1) is 0 Å². The first kappa shape index (κ1) is 15.2. The Morgan fingerprint density at radius 2 is 1.88 bits per heavy atom.